The number of benzene rings is 1. The van der Waals surface area contributed by atoms with E-state index in [-0.39, 0.29) is 23.9 Å². The van der Waals surface area contributed by atoms with E-state index in [4.69, 9.17) is 15.2 Å². The zero-order valence-corrected chi connectivity index (χ0v) is 25.0. The Labute approximate surface area is 238 Å². The number of phenolic OH excluding ortho intramolecular Hbond substituents is 1. The molecule has 0 aliphatic carbocycles. The summed E-state index contributed by atoms with van der Waals surface area (Å²) in [4.78, 5) is 24.6. The molecule has 6 heteroatoms. The first-order valence-corrected chi connectivity index (χ1v) is 15.9. The van der Waals surface area contributed by atoms with Crippen molar-refractivity contribution in [1.82, 2.24) is 0 Å². The number of aromatic hydroxyl groups is 1. The minimum absolute atomic E-state index is 0.101. The normalized spacial score (nSPS) is 11.9. The Balaban J connectivity index is 2.22. The molecule has 1 rings (SSSR count). The Bertz CT molecular complexity index is 766. The van der Waals surface area contributed by atoms with Crippen LogP contribution in [0.25, 0.3) is 0 Å². The van der Waals surface area contributed by atoms with Crippen molar-refractivity contribution in [2.75, 3.05) is 6.61 Å². The number of ether oxygens (including phenoxy) is 2. The van der Waals surface area contributed by atoms with Gasteiger partial charge in [0.2, 0.25) is 0 Å². The molecule has 1 aromatic rings. The monoisotopic (exact) mass is 547 g/mol. The van der Waals surface area contributed by atoms with Gasteiger partial charge in [-0.25, -0.2) is 0 Å². The minimum atomic E-state index is -0.803. The third-order valence-electron chi connectivity index (χ3n) is 7.23. The van der Waals surface area contributed by atoms with Crippen LogP contribution in [0.4, 0.5) is 0 Å². The topological polar surface area (TPSA) is 98.8 Å². The quantitative estimate of drug-likeness (QED) is 0.0723. The second-order valence-electron chi connectivity index (χ2n) is 11.0. The molecule has 0 aliphatic heterocycles. The van der Waals surface area contributed by atoms with E-state index in [9.17, 15) is 14.7 Å². The van der Waals surface area contributed by atoms with Crippen LogP contribution in [0.15, 0.2) is 18.2 Å². The molecule has 1 aromatic carbocycles. The number of hydrogen-bond acceptors (Lipinski definition) is 6. The molecule has 0 aromatic heterocycles. The van der Waals surface area contributed by atoms with Gasteiger partial charge in [0.25, 0.3) is 0 Å². The number of carbonyl (C=O) groups is 2. The smallest absolute Gasteiger partial charge is 0.323 e. The van der Waals surface area contributed by atoms with Gasteiger partial charge in [0, 0.05) is 6.42 Å². The number of unbranched alkanes of at least 4 members (excludes halogenated alkanes) is 17. The molecular weight excluding hydrogens is 490 g/mol. The van der Waals surface area contributed by atoms with Crippen molar-refractivity contribution in [3.05, 3.63) is 23.8 Å². The number of esters is 2. The molecule has 0 fully saturated rings. The first-order valence-electron chi connectivity index (χ1n) is 15.9. The summed E-state index contributed by atoms with van der Waals surface area (Å²) in [6.07, 6.45) is 23.4. The first kappa shape index (κ1) is 34.9. The number of hydrogen-bond donors (Lipinski definition) is 2. The SMILES string of the molecule is CCCCCCCCCCCCOC(=O)C(N)Cc1ccc(O)c(OC(=O)CCCCCCCCCCC)c1. The Morgan fingerprint density at radius 1 is 0.744 bits per heavy atom. The third kappa shape index (κ3) is 18.8. The van der Waals surface area contributed by atoms with Crippen LogP contribution in [0.2, 0.25) is 0 Å². The fourth-order valence-electron chi connectivity index (χ4n) is 4.73. The zero-order valence-electron chi connectivity index (χ0n) is 25.0. The number of nitrogens with two attached hydrogens (primary N) is 1. The zero-order chi connectivity index (χ0) is 28.6. The van der Waals surface area contributed by atoms with Crippen LogP contribution in [0.5, 0.6) is 11.5 Å². The molecule has 3 N–H and O–H groups in total. The third-order valence-corrected chi connectivity index (χ3v) is 7.23. The standard InChI is InChI=1S/C33H57NO5/c1-3-5-7-9-11-13-15-17-19-21-25-38-33(37)29(34)26-28-23-24-30(35)31(27-28)39-32(36)22-20-18-16-14-12-10-8-6-4-2/h23-24,27,29,35H,3-22,25-26,34H2,1-2H3. The fourth-order valence-corrected chi connectivity index (χ4v) is 4.73. The molecule has 0 radical (unpaired) electrons. The molecule has 0 heterocycles. The molecule has 1 atom stereocenters. The molecule has 6 nitrogen and oxygen atoms in total. The van der Waals surface area contributed by atoms with Crippen molar-refractivity contribution in [3.8, 4) is 11.5 Å². The lowest BCUT2D eigenvalue weighted by atomic mass is 10.1. The lowest BCUT2D eigenvalue weighted by molar-refractivity contribution is -0.145. The number of rotatable bonds is 25. The fraction of sp³-hybridized carbons (Fsp3) is 0.758. The van der Waals surface area contributed by atoms with Gasteiger partial charge in [0.1, 0.15) is 6.04 Å². The van der Waals surface area contributed by atoms with E-state index < -0.39 is 12.0 Å². The maximum Gasteiger partial charge on any atom is 0.323 e. The maximum absolute atomic E-state index is 12.3. The van der Waals surface area contributed by atoms with Gasteiger partial charge in [-0.1, -0.05) is 129 Å². The Morgan fingerprint density at radius 2 is 1.23 bits per heavy atom. The largest absolute Gasteiger partial charge is 0.504 e. The maximum atomic E-state index is 12.3. The van der Waals surface area contributed by atoms with E-state index in [1.807, 2.05) is 0 Å². The van der Waals surface area contributed by atoms with Crippen molar-refractivity contribution in [1.29, 1.82) is 0 Å². The Morgan fingerprint density at radius 3 is 1.77 bits per heavy atom. The second kappa shape index (κ2) is 23.8. The molecule has 0 bridgehead atoms. The summed E-state index contributed by atoms with van der Waals surface area (Å²) in [6, 6.07) is 3.93. The van der Waals surface area contributed by atoms with Gasteiger partial charge >= 0.3 is 11.9 Å². The highest BCUT2D eigenvalue weighted by molar-refractivity contribution is 5.76. The van der Waals surface area contributed by atoms with E-state index in [2.05, 4.69) is 13.8 Å². The van der Waals surface area contributed by atoms with Gasteiger partial charge in [0.15, 0.2) is 11.5 Å². The van der Waals surface area contributed by atoms with Crippen molar-refractivity contribution in [2.24, 2.45) is 5.73 Å². The van der Waals surface area contributed by atoms with Crippen LogP contribution in [0.1, 0.15) is 148 Å². The van der Waals surface area contributed by atoms with Gasteiger partial charge < -0.3 is 20.3 Å². The van der Waals surface area contributed by atoms with E-state index >= 15 is 0 Å². The van der Waals surface area contributed by atoms with Gasteiger partial charge in [-0.15, -0.1) is 0 Å². The minimum Gasteiger partial charge on any atom is -0.504 e. The Kier molecular flexibility index (Phi) is 21.3. The van der Waals surface area contributed by atoms with E-state index in [1.54, 1.807) is 12.1 Å². The van der Waals surface area contributed by atoms with Crippen molar-refractivity contribution in [2.45, 2.75) is 155 Å². The van der Waals surface area contributed by atoms with E-state index in [1.165, 1.54) is 96.0 Å². The number of phenols is 1. The predicted octanol–water partition coefficient (Wildman–Crippen LogP) is 8.55. The molecule has 0 saturated heterocycles. The van der Waals surface area contributed by atoms with Crippen molar-refractivity contribution in [3.63, 3.8) is 0 Å². The second-order valence-corrected chi connectivity index (χ2v) is 11.0. The summed E-state index contributed by atoms with van der Waals surface area (Å²) in [7, 11) is 0. The van der Waals surface area contributed by atoms with Crippen LogP contribution < -0.4 is 10.5 Å². The van der Waals surface area contributed by atoms with Crippen LogP contribution in [-0.2, 0) is 20.7 Å². The molecule has 1 unspecified atom stereocenters. The summed E-state index contributed by atoms with van der Waals surface area (Å²) in [5.74, 6) is -0.774. The highest BCUT2D eigenvalue weighted by Crippen LogP contribution is 2.28. The van der Waals surface area contributed by atoms with Crippen molar-refractivity contribution < 1.29 is 24.2 Å². The lowest BCUT2D eigenvalue weighted by Gasteiger charge is -2.13. The molecular formula is C33H57NO5. The Hall–Kier alpha value is -2.08. The summed E-state index contributed by atoms with van der Waals surface area (Å²) >= 11 is 0. The van der Waals surface area contributed by atoms with Gasteiger partial charge in [0.05, 0.1) is 6.61 Å². The van der Waals surface area contributed by atoms with Crippen LogP contribution in [-0.4, -0.2) is 29.7 Å². The highest BCUT2D eigenvalue weighted by Gasteiger charge is 2.17. The summed E-state index contributed by atoms with van der Waals surface area (Å²) in [6.45, 7) is 4.85. The van der Waals surface area contributed by atoms with Gasteiger partial charge in [-0.05, 0) is 37.0 Å². The molecule has 224 valence electrons. The van der Waals surface area contributed by atoms with Gasteiger partial charge in [-0.2, -0.15) is 0 Å². The van der Waals surface area contributed by atoms with Gasteiger partial charge in [-0.3, -0.25) is 9.59 Å². The number of carbonyl (C=O) groups excluding carboxylic acids is 2. The highest BCUT2D eigenvalue weighted by atomic mass is 16.5. The molecule has 0 aliphatic rings. The summed E-state index contributed by atoms with van der Waals surface area (Å²) in [5.41, 5.74) is 6.77. The molecule has 0 spiro atoms. The molecule has 0 saturated carbocycles. The van der Waals surface area contributed by atoms with Crippen LogP contribution in [0.3, 0.4) is 0 Å². The van der Waals surface area contributed by atoms with Crippen LogP contribution in [0, 0.1) is 0 Å². The molecule has 39 heavy (non-hydrogen) atoms. The average molecular weight is 548 g/mol. The van der Waals surface area contributed by atoms with Crippen LogP contribution >= 0.6 is 0 Å². The average Bonchev–Trinajstić information content (AvgIpc) is 2.92. The summed E-state index contributed by atoms with van der Waals surface area (Å²) < 4.78 is 10.8. The molecule has 0 amide bonds. The lowest BCUT2D eigenvalue weighted by Crippen LogP contribution is -2.34. The summed E-state index contributed by atoms with van der Waals surface area (Å²) in [5, 5.41) is 10.1. The van der Waals surface area contributed by atoms with E-state index in [0.29, 0.717) is 18.6 Å². The predicted molar refractivity (Wildman–Crippen MR) is 160 cm³/mol. The first-order chi connectivity index (χ1) is 19.0. The van der Waals surface area contributed by atoms with E-state index in [0.717, 1.165) is 32.1 Å². The van der Waals surface area contributed by atoms with Crippen molar-refractivity contribution >= 4 is 11.9 Å².